The van der Waals surface area contributed by atoms with Gasteiger partial charge in [0.05, 0.1) is 19.8 Å². The second-order valence-corrected chi connectivity index (χ2v) is 12.0. The Morgan fingerprint density at radius 2 is 1.58 bits per heavy atom. The third kappa shape index (κ3) is 6.74. The molecule has 0 amide bonds. The zero-order valence-electron chi connectivity index (χ0n) is 26.6. The Kier molecular flexibility index (Phi) is 10.6. The first-order chi connectivity index (χ1) is 22.8. The average molecular weight is 677 g/mol. The summed E-state index contributed by atoms with van der Waals surface area (Å²) in [5.74, 6) is -1.11. The van der Waals surface area contributed by atoms with Gasteiger partial charge in [0.25, 0.3) is 0 Å². The summed E-state index contributed by atoms with van der Waals surface area (Å²) in [7, 11) is 1.47. The molecule has 15 nitrogen and oxygen atoms in total. The highest BCUT2D eigenvalue weighted by Crippen LogP contribution is 2.41. The van der Waals surface area contributed by atoms with Gasteiger partial charge in [0.1, 0.15) is 64.8 Å². The molecule has 0 spiro atoms. The van der Waals surface area contributed by atoms with E-state index in [1.165, 1.54) is 14.0 Å². The van der Waals surface area contributed by atoms with Gasteiger partial charge in [0, 0.05) is 17.2 Å². The number of methoxy groups -OCH3 is 1. The van der Waals surface area contributed by atoms with E-state index in [4.69, 9.17) is 28.1 Å². The van der Waals surface area contributed by atoms with Gasteiger partial charge in [-0.3, -0.25) is 4.79 Å². The van der Waals surface area contributed by atoms with Crippen LogP contribution in [-0.4, -0.2) is 116 Å². The molecular formula is C33H40O15. The summed E-state index contributed by atoms with van der Waals surface area (Å²) < 4.78 is 34.6. The Hall–Kier alpha value is -3.77. The third-order valence-corrected chi connectivity index (χ3v) is 8.41. The van der Waals surface area contributed by atoms with Crippen molar-refractivity contribution < 1.29 is 69.0 Å². The van der Waals surface area contributed by atoms with Gasteiger partial charge in [-0.15, -0.1) is 0 Å². The van der Waals surface area contributed by atoms with Crippen LogP contribution in [0.3, 0.4) is 0 Å². The Balaban J connectivity index is 1.65. The van der Waals surface area contributed by atoms with Crippen LogP contribution in [0.4, 0.5) is 0 Å². The van der Waals surface area contributed by atoms with Crippen LogP contribution in [0.5, 0.6) is 23.0 Å². The summed E-state index contributed by atoms with van der Waals surface area (Å²) in [5, 5.41) is 83.7. The molecule has 10 atom stereocenters. The van der Waals surface area contributed by atoms with E-state index < -0.39 is 84.9 Å². The second-order valence-electron chi connectivity index (χ2n) is 12.0. The molecule has 3 heterocycles. The maximum absolute atomic E-state index is 14.3. The van der Waals surface area contributed by atoms with Gasteiger partial charge in [-0.1, -0.05) is 11.6 Å². The summed E-state index contributed by atoms with van der Waals surface area (Å²) in [5.41, 5.74) is 0.434. The summed E-state index contributed by atoms with van der Waals surface area (Å²) in [6, 6.07) is 7.34. The van der Waals surface area contributed by atoms with E-state index in [9.17, 15) is 45.6 Å². The fourth-order valence-corrected chi connectivity index (χ4v) is 5.61. The number of aliphatic hydroxyl groups excluding tert-OH is 6. The van der Waals surface area contributed by atoms with Crippen LogP contribution in [-0.2, 0) is 20.6 Å². The molecule has 2 aliphatic heterocycles. The number of aliphatic hydroxyl groups is 6. The van der Waals surface area contributed by atoms with Gasteiger partial charge < -0.3 is 69.0 Å². The maximum Gasteiger partial charge on any atom is 0.239 e. The number of aromatic hydroxyl groups is 2. The van der Waals surface area contributed by atoms with Crippen molar-refractivity contribution in [1.29, 1.82) is 0 Å². The molecule has 8 N–H and O–H groups in total. The summed E-state index contributed by atoms with van der Waals surface area (Å²) in [6.07, 6.45) is -14.4. The molecule has 0 saturated carbocycles. The zero-order valence-corrected chi connectivity index (χ0v) is 26.6. The van der Waals surface area contributed by atoms with E-state index >= 15 is 0 Å². The Morgan fingerprint density at radius 1 is 0.896 bits per heavy atom. The van der Waals surface area contributed by atoms with E-state index in [-0.39, 0.29) is 34.5 Å². The zero-order chi connectivity index (χ0) is 35.0. The molecule has 3 aromatic rings. The number of hydrogen-bond donors (Lipinski definition) is 8. The molecule has 15 heteroatoms. The molecule has 2 saturated heterocycles. The number of rotatable bonds is 9. The molecule has 0 aliphatic carbocycles. The highest BCUT2D eigenvalue weighted by Gasteiger charge is 2.51. The molecule has 0 unspecified atom stereocenters. The number of benzene rings is 2. The van der Waals surface area contributed by atoms with Crippen LogP contribution in [0.2, 0.25) is 0 Å². The normalized spacial score (nSPS) is 30.6. The Morgan fingerprint density at radius 3 is 2.21 bits per heavy atom. The fourth-order valence-electron chi connectivity index (χ4n) is 5.61. The van der Waals surface area contributed by atoms with Crippen molar-refractivity contribution in [2.75, 3.05) is 13.7 Å². The summed E-state index contributed by atoms with van der Waals surface area (Å²) in [6.45, 7) is 4.37. The van der Waals surface area contributed by atoms with Gasteiger partial charge in [-0.25, -0.2) is 0 Å². The topological polar surface area (TPSA) is 238 Å². The fraction of sp³-hybridized carbons (Fsp3) is 0.485. The standard InChI is InChI=1S/C33H40O15/c1-13(2)5-10-17-18(35)11-19(36)21-24(39)30(28(46-29(17)21)15-6-8-16(43-4)9-7-15)47-33-31(26(41)22(37)14(3)44-33)48-32-27(42)25(40)23(38)20(12-34)45-32/h5-9,11,14,20,22-23,25-27,31-38,40-42H,10,12H2,1-4H3/t14-,20+,22-,23+,25-,26+,27+,31+,32-,33+/m1/s1. The summed E-state index contributed by atoms with van der Waals surface area (Å²) in [4.78, 5) is 14.3. The molecule has 262 valence electrons. The molecule has 2 aromatic carbocycles. The number of phenolic OH excluding ortho intramolecular Hbond substituents is 2. The van der Waals surface area contributed by atoms with Crippen molar-refractivity contribution in [1.82, 2.24) is 0 Å². The van der Waals surface area contributed by atoms with Gasteiger partial charge in [0.15, 0.2) is 18.2 Å². The average Bonchev–Trinajstić information content (AvgIpc) is 3.05. The maximum atomic E-state index is 14.3. The third-order valence-electron chi connectivity index (χ3n) is 8.41. The smallest absolute Gasteiger partial charge is 0.239 e. The van der Waals surface area contributed by atoms with Gasteiger partial charge >= 0.3 is 0 Å². The van der Waals surface area contributed by atoms with Crippen LogP contribution in [0.25, 0.3) is 22.3 Å². The first-order valence-corrected chi connectivity index (χ1v) is 15.2. The number of phenols is 2. The molecule has 0 bridgehead atoms. The SMILES string of the molecule is COc1ccc(-c2oc3c(CC=C(C)C)c(O)cc(O)c3c(=O)c2O[C@@H]2O[C@H](C)[C@@H](O)[C@H](O)[C@@H]2O[C@H]2O[C@@H](CO)[C@H](O)[C@@H](O)[C@@H]2O)cc1. The van der Waals surface area contributed by atoms with Crippen molar-refractivity contribution in [2.24, 2.45) is 0 Å². The molecule has 2 fully saturated rings. The van der Waals surface area contributed by atoms with Crippen molar-refractivity contribution in [2.45, 2.75) is 88.6 Å². The predicted molar refractivity (Wildman–Crippen MR) is 167 cm³/mol. The second kappa shape index (κ2) is 14.4. The highest BCUT2D eigenvalue weighted by atomic mass is 16.8. The predicted octanol–water partition coefficient (Wildman–Crippen LogP) is 0.419. The minimum Gasteiger partial charge on any atom is -0.507 e. The molecule has 1 aromatic heterocycles. The highest BCUT2D eigenvalue weighted by molar-refractivity contribution is 5.91. The van der Waals surface area contributed by atoms with Crippen LogP contribution < -0.4 is 14.9 Å². The number of allylic oxidation sites excluding steroid dienone is 2. The van der Waals surface area contributed by atoms with Crippen molar-refractivity contribution in [3.8, 4) is 34.3 Å². The van der Waals surface area contributed by atoms with Gasteiger partial charge in [-0.05, 0) is 51.5 Å². The van der Waals surface area contributed by atoms with Crippen molar-refractivity contribution in [3.05, 3.63) is 57.8 Å². The van der Waals surface area contributed by atoms with Gasteiger partial charge in [0.2, 0.25) is 17.5 Å². The van der Waals surface area contributed by atoms with Crippen molar-refractivity contribution in [3.63, 3.8) is 0 Å². The monoisotopic (exact) mass is 676 g/mol. The Labute approximate surface area is 274 Å². The van der Waals surface area contributed by atoms with E-state index in [0.717, 1.165) is 11.6 Å². The lowest BCUT2D eigenvalue weighted by Crippen LogP contribution is -2.64. The lowest BCUT2D eigenvalue weighted by Gasteiger charge is -2.45. The largest absolute Gasteiger partial charge is 0.507 e. The van der Waals surface area contributed by atoms with Crippen LogP contribution in [0, 0.1) is 0 Å². The van der Waals surface area contributed by atoms with E-state index in [1.54, 1.807) is 30.3 Å². The van der Waals surface area contributed by atoms with Gasteiger partial charge in [-0.2, -0.15) is 0 Å². The lowest BCUT2D eigenvalue weighted by molar-refractivity contribution is -0.355. The first-order valence-electron chi connectivity index (χ1n) is 15.2. The van der Waals surface area contributed by atoms with Crippen LogP contribution >= 0.6 is 0 Å². The minimum absolute atomic E-state index is 0.115. The number of ether oxygens (including phenoxy) is 5. The van der Waals surface area contributed by atoms with Crippen LogP contribution in [0.15, 0.2) is 51.2 Å². The van der Waals surface area contributed by atoms with Crippen molar-refractivity contribution >= 4 is 11.0 Å². The number of hydrogen-bond acceptors (Lipinski definition) is 15. The molecular weight excluding hydrogens is 636 g/mol. The molecule has 0 radical (unpaired) electrons. The minimum atomic E-state index is -1.88. The van der Waals surface area contributed by atoms with E-state index in [0.29, 0.717) is 11.3 Å². The number of fused-ring (bicyclic) bond motifs is 1. The molecule has 48 heavy (non-hydrogen) atoms. The van der Waals surface area contributed by atoms with E-state index in [2.05, 4.69) is 0 Å². The lowest BCUT2D eigenvalue weighted by atomic mass is 9.97. The van der Waals surface area contributed by atoms with Crippen LogP contribution in [0.1, 0.15) is 26.3 Å². The first kappa shape index (κ1) is 35.5. The molecule has 2 aliphatic rings. The van der Waals surface area contributed by atoms with E-state index in [1.807, 2.05) is 13.8 Å². The molecule has 5 rings (SSSR count). The Bertz CT molecular complexity index is 1680. The summed E-state index contributed by atoms with van der Waals surface area (Å²) >= 11 is 0. The quantitative estimate of drug-likeness (QED) is 0.143.